The van der Waals surface area contributed by atoms with Crippen molar-refractivity contribution in [1.82, 2.24) is 9.97 Å². The molecule has 0 aliphatic heterocycles. The molecule has 114 valence electrons. The van der Waals surface area contributed by atoms with Crippen LogP contribution in [-0.4, -0.2) is 17.1 Å². The summed E-state index contributed by atoms with van der Waals surface area (Å²) in [6, 6.07) is 6.20. The summed E-state index contributed by atoms with van der Waals surface area (Å²) in [7, 11) is 1.69. The van der Waals surface area contributed by atoms with Gasteiger partial charge in [-0.05, 0) is 37.6 Å². The Labute approximate surface area is 135 Å². The lowest BCUT2D eigenvalue weighted by molar-refractivity contribution is 0.412. The topological polar surface area (TPSA) is 35.0 Å². The fourth-order valence-electron chi connectivity index (χ4n) is 2.60. The third-order valence-electron chi connectivity index (χ3n) is 3.89. The first-order chi connectivity index (χ1) is 10.5. The SMILES string of the molecule is COc1ccc2c(C)cc(-c3csc(C(C)C)n3)nc2c1C. The lowest BCUT2D eigenvalue weighted by Crippen LogP contribution is -1.95. The molecular formula is C18H20N2OS. The Balaban J connectivity index is 2.20. The quantitative estimate of drug-likeness (QED) is 0.674. The van der Waals surface area contributed by atoms with Crippen molar-refractivity contribution < 1.29 is 4.74 Å². The molecule has 0 amide bonds. The molecule has 0 N–H and O–H groups in total. The Hall–Kier alpha value is -1.94. The number of nitrogens with zero attached hydrogens (tertiary/aromatic N) is 2. The Morgan fingerprint density at radius 2 is 1.86 bits per heavy atom. The molecule has 4 heteroatoms. The summed E-state index contributed by atoms with van der Waals surface area (Å²) in [5.41, 5.74) is 5.17. The van der Waals surface area contributed by atoms with Gasteiger partial charge in [0.2, 0.25) is 0 Å². The van der Waals surface area contributed by atoms with Gasteiger partial charge in [0.1, 0.15) is 5.75 Å². The van der Waals surface area contributed by atoms with Crippen molar-refractivity contribution in [1.29, 1.82) is 0 Å². The average molecular weight is 312 g/mol. The molecule has 0 unspecified atom stereocenters. The summed E-state index contributed by atoms with van der Waals surface area (Å²) in [5, 5.41) is 4.41. The van der Waals surface area contributed by atoms with Gasteiger partial charge in [0, 0.05) is 22.2 Å². The third kappa shape index (κ3) is 2.48. The molecule has 0 radical (unpaired) electrons. The fourth-order valence-corrected chi connectivity index (χ4v) is 3.43. The highest BCUT2D eigenvalue weighted by molar-refractivity contribution is 7.10. The molecule has 3 aromatic rings. The van der Waals surface area contributed by atoms with Gasteiger partial charge in [0.25, 0.3) is 0 Å². The highest BCUT2D eigenvalue weighted by Gasteiger charge is 2.13. The van der Waals surface area contributed by atoms with E-state index in [2.05, 4.69) is 45.2 Å². The molecule has 0 aliphatic rings. The summed E-state index contributed by atoms with van der Waals surface area (Å²) < 4.78 is 5.42. The summed E-state index contributed by atoms with van der Waals surface area (Å²) in [5.74, 6) is 1.32. The van der Waals surface area contributed by atoms with Gasteiger partial charge in [-0.15, -0.1) is 11.3 Å². The number of fused-ring (bicyclic) bond motifs is 1. The van der Waals surface area contributed by atoms with E-state index in [0.717, 1.165) is 33.2 Å². The number of aromatic nitrogens is 2. The highest BCUT2D eigenvalue weighted by Crippen LogP contribution is 2.32. The smallest absolute Gasteiger partial charge is 0.123 e. The summed E-state index contributed by atoms with van der Waals surface area (Å²) in [6.45, 7) is 8.50. The van der Waals surface area contributed by atoms with Crippen LogP contribution in [0.2, 0.25) is 0 Å². The monoisotopic (exact) mass is 312 g/mol. The maximum Gasteiger partial charge on any atom is 0.123 e. The van der Waals surface area contributed by atoms with Crippen molar-refractivity contribution in [2.75, 3.05) is 7.11 Å². The maximum atomic E-state index is 5.42. The van der Waals surface area contributed by atoms with E-state index >= 15 is 0 Å². The molecule has 3 rings (SSSR count). The molecule has 0 saturated carbocycles. The van der Waals surface area contributed by atoms with E-state index in [4.69, 9.17) is 14.7 Å². The Morgan fingerprint density at radius 3 is 2.50 bits per heavy atom. The Morgan fingerprint density at radius 1 is 1.09 bits per heavy atom. The zero-order chi connectivity index (χ0) is 15.9. The van der Waals surface area contributed by atoms with Gasteiger partial charge in [0.15, 0.2) is 0 Å². The van der Waals surface area contributed by atoms with Crippen LogP contribution >= 0.6 is 11.3 Å². The fraction of sp³-hybridized carbons (Fsp3) is 0.333. The molecular weight excluding hydrogens is 292 g/mol. The number of hydrogen-bond acceptors (Lipinski definition) is 4. The molecule has 3 nitrogen and oxygen atoms in total. The standard InChI is InChI=1S/C18H20N2OS/c1-10(2)18-20-15(9-22-18)14-8-11(3)13-6-7-16(21-5)12(4)17(13)19-14/h6-10H,1-5H3. The molecule has 0 atom stereocenters. The van der Waals surface area contributed by atoms with Gasteiger partial charge < -0.3 is 4.74 Å². The molecule has 2 aromatic heterocycles. The number of ether oxygens (including phenoxy) is 1. The first kappa shape index (κ1) is 15.0. The molecule has 2 heterocycles. The second-order valence-electron chi connectivity index (χ2n) is 5.84. The zero-order valence-corrected chi connectivity index (χ0v) is 14.4. The van der Waals surface area contributed by atoms with Crippen LogP contribution in [0.5, 0.6) is 5.75 Å². The molecule has 0 spiro atoms. The Kier molecular flexibility index (Phi) is 3.87. The second kappa shape index (κ2) is 5.69. The minimum Gasteiger partial charge on any atom is -0.496 e. The molecule has 0 fully saturated rings. The number of hydrogen-bond donors (Lipinski definition) is 0. The highest BCUT2D eigenvalue weighted by atomic mass is 32.1. The van der Waals surface area contributed by atoms with Crippen LogP contribution in [0.3, 0.4) is 0 Å². The van der Waals surface area contributed by atoms with Gasteiger partial charge in [0.05, 0.1) is 29.0 Å². The summed E-state index contributed by atoms with van der Waals surface area (Å²) in [4.78, 5) is 9.58. The van der Waals surface area contributed by atoms with Gasteiger partial charge >= 0.3 is 0 Å². The van der Waals surface area contributed by atoms with Crippen LogP contribution in [0, 0.1) is 13.8 Å². The van der Waals surface area contributed by atoms with Gasteiger partial charge in [-0.2, -0.15) is 0 Å². The largest absolute Gasteiger partial charge is 0.496 e. The van der Waals surface area contributed by atoms with E-state index in [0.29, 0.717) is 5.92 Å². The van der Waals surface area contributed by atoms with E-state index in [1.807, 2.05) is 6.07 Å². The molecule has 22 heavy (non-hydrogen) atoms. The van der Waals surface area contributed by atoms with Crippen molar-refractivity contribution >= 4 is 22.2 Å². The number of aryl methyl sites for hydroxylation is 2. The van der Waals surface area contributed by atoms with Crippen LogP contribution in [0.4, 0.5) is 0 Å². The minimum absolute atomic E-state index is 0.446. The Bertz CT molecular complexity index is 836. The predicted molar refractivity (Wildman–Crippen MR) is 93.0 cm³/mol. The first-order valence-electron chi connectivity index (χ1n) is 7.42. The van der Waals surface area contributed by atoms with E-state index in [9.17, 15) is 0 Å². The van der Waals surface area contributed by atoms with Crippen molar-refractivity contribution in [2.45, 2.75) is 33.6 Å². The van der Waals surface area contributed by atoms with E-state index in [1.54, 1.807) is 18.4 Å². The van der Waals surface area contributed by atoms with Gasteiger partial charge in [-0.25, -0.2) is 9.97 Å². The van der Waals surface area contributed by atoms with E-state index < -0.39 is 0 Å². The lowest BCUT2D eigenvalue weighted by Gasteiger charge is -2.10. The number of benzene rings is 1. The van der Waals surface area contributed by atoms with Crippen molar-refractivity contribution in [2.24, 2.45) is 0 Å². The molecule has 0 bridgehead atoms. The number of rotatable bonds is 3. The number of methoxy groups -OCH3 is 1. The molecule has 0 saturated heterocycles. The first-order valence-corrected chi connectivity index (χ1v) is 8.30. The van der Waals surface area contributed by atoms with Crippen molar-refractivity contribution in [3.05, 3.63) is 39.7 Å². The zero-order valence-electron chi connectivity index (χ0n) is 13.6. The van der Waals surface area contributed by atoms with Crippen LogP contribution in [0.15, 0.2) is 23.6 Å². The van der Waals surface area contributed by atoms with Crippen LogP contribution < -0.4 is 4.74 Å². The van der Waals surface area contributed by atoms with Crippen LogP contribution in [-0.2, 0) is 0 Å². The van der Waals surface area contributed by atoms with Crippen molar-refractivity contribution in [3.8, 4) is 17.1 Å². The van der Waals surface area contributed by atoms with Crippen LogP contribution in [0.1, 0.15) is 35.9 Å². The van der Waals surface area contributed by atoms with Gasteiger partial charge in [-0.1, -0.05) is 13.8 Å². The summed E-state index contributed by atoms with van der Waals surface area (Å²) in [6.07, 6.45) is 0. The minimum atomic E-state index is 0.446. The average Bonchev–Trinajstić information content (AvgIpc) is 2.98. The second-order valence-corrected chi connectivity index (χ2v) is 6.73. The van der Waals surface area contributed by atoms with Crippen LogP contribution in [0.25, 0.3) is 22.3 Å². The molecule has 0 aliphatic carbocycles. The number of pyridine rings is 1. The third-order valence-corrected chi connectivity index (χ3v) is 5.04. The van der Waals surface area contributed by atoms with Crippen molar-refractivity contribution in [3.63, 3.8) is 0 Å². The lowest BCUT2D eigenvalue weighted by atomic mass is 10.0. The van der Waals surface area contributed by atoms with Gasteiger partial charge in [-0.3, -0.25) is 0 Å². The normalized spacial score (nSPS) is 11.4. The predicted octanol–water partition coefficient (Wildman–Crippen LogP) is 5.11. The summed E-state index contributed by atoms with van der Waals surface area (Å²) >= 11 is 1.70. The van der Waals surface area contributed by atoms with E-state index in [1.165, 1.54) is 10.9 Å². The molecule has 1 aromatic carbocycles. The van der Waals surface area contributed by atoms with E-state index in [-0.39, 0.29) is 0 Å². The number of thiazole rings is 1. The maximum absolute atomic E-state index is 5.42.